The first-order chi connectivity index (χ1) is 9.77. The maximum absolute atomic E-state index is 13.4. The van der Waals surface area contributed by atoms with Gasteiger partial charge in [0.1, 0.15) is 5.82 Å². The van der Waals surface area contributed by atoms with Crippen molar-refractivity contribution in [2.45, 2.75) is 4.90 Å². The van der Waals surface area contributed by atoms with E-state index in [1.54, 1.807) is 0 Å². The largest absolute Gasteiger partial charge is 0.322 e. The fourth-order valence-electron chi connectivity index (χ4n) is 1.59. The zero-order chi connectivity index (χ0) is 15.6. The Labute approximate surface area is 129 Å². The number of sulfonamides is 1. The zero-order valence-corrected chi connectivity index (χ0v) is 12.9. The van der Waals surface area contributed by atoms with Crippen LogP contribution >= 0.6 is 15.9 Å². The van der Waals surface area contributed by atoms with Gasteiger partial charge >= 0.3 is 0 Å². The second-order valence-corrected chi connectivity index (χ2v) is 6.57. The highest BCUT2D eigenvalue weighted by atomic mass is 79.9. The van der Waals surface area contributed by atoms with Crippen LogP contribution in [-0.4, -0.2) is 14.3 Å². The van der Waals surface area contributed by atoms with Gasteiger partial charge in [0.25, 0.3) is 5.91 Å². The summed E-state index contributed by atoms with van der Waals surface area (Å²) in [7, 11) is -3.86. The van der Waals surface area contributed by atoms with Gasteiger partial charge < -0.3 is 5.32 Å². The molecule has 0 fully saturated rings. The SMILES string of the molecule is NS(=O)(=O)c1cccc(NC(=O)c2ccc(Br)c(F)c2)c1. The fourth-order valence-corrected chi connectivity index (χ4v) is 2.40. The summed E-state index contributed by atoms with van der Waals surface area (Å²) in [5.74, 6) is -1.13. The van der Waals surface area contributed by atoms with Crippen molar-refractivity contribution in [3.63, 3.8) is 0 Å². The molecule has 0 aliphatic heterocycles. The smallest absolute Gasteiger partial charge is 0.255 e. The Balaban J connectivity index is 2.25. The lowest BCUT2D eigenvalue weighted by atomic mass is 10.2. The molecule has 5 nitrogen and oxygen atoms in total. The van der Waals surface area contributed by atoms with Crippen LogP contribution in [0.5, 0.6) is 0 Å². The number of anilines is 1. The molecular weight excluding hydrogens is 363 g/mol. The molecule has 2 aromatic rings. The maximum Gasteiger partial charge on any atom is 0.255 e. The molecule has 0 aromatic heterocycles. The number of hydrogen-bond acceptors (Lipinski definition) is 3. The van der Waals surface area contributed by atoms with Crippen molar-refractivity contribution in [3.8, 4) is 0 Å². The van der Waals surface area contributed by atoms with Crippen LogP contribution in [0.2, 0.25) is 0 Å². The van der Waals surface area contributed by atoms with E-state index in [1.807, 2.05) is 0 Å². The average molecular weight is 373 g/mol. The van der Waals surface area contributed by atoms with Gasteiger partial charge in [-0.25, -0.2) is 17.9 Å². The third-order valence-electron chi connectivity index (χ3n) is 2.60. The second-order valence-electron chi connectivity index (χ2n) is 4.16. The first-order valence-corrected chi connectivity index (χ1v) is 8.00. The lowest BCUT2D eigenvalue weighted by molar-refractivity contribution is 0.102. The highest BCUT2D eigenvalue weighted by Gasteiger charge is 2.12. The number of nitrogens with one attached hydrogen (secondary N) is 1. The van der Waals surface area contributed by atoms with E-state index in [0.29, 0.717) is 0 Å². The van der Waals surface area contributed by atoms with E-state index in [9.17, 15) is 17.6 Å². The molecule has 0 aliphatic carbocycles. The number of rotatable bonds is 3. The van der Waals surface area contributed by atoms with Crippen LogP contribution in [-0.2, 0) is 10.0 Å². The van der Waals surface area contributed by atoms with Gasteiger partial charge in [-0.2, -0.15) is 0 Å². The number of carbonyl (C=O) groups is 1. The molecule has 0 saturated carbocycles. The van der Waals surface area contributed by atoms with Gasteiger partial charge in [0, 0.05) is 11.3 Å². The van der Waals surface area contributed by atoms with Crippen LogP contribution in [0.25, 0.3) is 0 Å². The Morgan fingerprint density at radius 3 is 2.52 bits per heavy atom. The van der Waals surface area contributed by atoms with Crippen molar-refractivity contribution in [2.24, 2.45) is 5.14 Å². The Bertz CT molecular complexity index is 809. The normalized spacial score (nSPS) is 11.2. The molecule has 0 atom stereocenters. The quantitative estimate of drug-likeness (QED) is 0.866. The van der Waals surface area contributed by atoms with Crippen molar-refractivity contribution in [3.05, 3.63) is 58.3 Å². The van der Waals surface area contributed by atoms with E-state index < -0.39 is 21.7 Å². The molecule has 1 amide bonds. The summed E-state index contributed by atoms with van der Waals surface area (Å²) in [4.78, 5) is 11.8. The van der Waals surface area contributed by atoms with Crippen molar-refractivity contribution in [1.29, 1.82) is 0 Å². The van der Waals surface area contributed by atoms with E-state index in [4.69, 9.17) is 5.14 Å². The summed E-state index contributed by atoms with van der Waals surface area (Å²) in [6, 6.07) is 9.39. The minimum atomic E-state index is -3.86. The van der Waals surface area contributed by atoms with Gasteiger partial charge in [0.05, 0.1) is 9.37 Å². The number of benzene rings is 2. The summed E-state index contributed by atoms with van der Waals surface area (Å²) in [5.41, 5.74) is 0.353. The molecule has 0 bridgehead atoms. The molecule has 8 heteroatoms. The first kappa shape index (κ1) is 15.6. The Kier molecular flexibility index (Phi) is 4.40. The van der Waals surface area contributed by atoms with Crippen LogP contribution in [0.4, 0.5) is 10.1 Å². The van der Waals surface area contributed by atoms with Crippen molar-refractivity contribution < 1.29 is 17.6 Å². The van der Waals surface area contributed by atoms with Gasteiger partial charge in [-0.15, -0.1) is 0 Å². The molecule has 21 heavy (non-hydrogen) atoms. The highest BCUT2D eigenvalue weighted by Crippen LogP contribution is 2.18. The van der Waals surface area contributed by atoms with Gasteiger partial charge in [0.15, 0.2) is 0 Å². The first-order valence-electron chi connectivity index (χ1n) is 5.66. The molecule has 0 aliphatic rings. The zero-order valence-electron chi connectivity index (χ0n) is 10.5. The van der Waals surface area contributed by atoms with Crippen molar-refractivity contribution in [2.75, 3.05) is 5.32 Å². The lowest BCUT2D eigenvalue weighted by Gasteiger charge is -2.07. The Morgan fingerprint density at radius 2 is 1.90 bits per heavy atom. The van der Waals surface area contributed by atoms with E-state index in [-0.39, 0.29) is 20.6 Å². The number of carbonyl (C=O) groups excluding carboxylic acids is 1. The number of nitrogens with two attached hydrogens (primary N) is 1. The molecule has 2 rings (SSSR count). The number of amides is 1. The van der Waals surface area contributed by atoms with Crippen molar-refractivity contribution in [1.82, 2.24) is 0 Å². The molecule has 3 N–H and O–H groups in total. The standard InChI is InChI=1S/C13H10BrFN2O3S/c14-11-5-4-8(6-12(11)15)13(18)17-9-2-1-3-10(7-9)21(16,19)20/h1-7H,(H,17,18)(H2,16,19,20). The molecule has 0 radical (unpaired) electrons. The monoisotopic (exact) mass is 372 g/mol. The molecule has 2 aromatic carbocycles. The Morgan fingerprint density at radius 1 is 1.19 bits per heavy atom. The number of primary sulfonamides is 1. The van der Waals surface area contributed by atoms with E-state index in [0.717, 1.165) is 6.07 Å². The van der Waals surface area contributed by atoms with Crippen molar-refractivity contribution >= 4 is 37.5 Å². The molecule has 0 spiro atoms. The third kappa shape index (κ3) is 3.87. The van der Waals surface area contributed by atoms with E-state index in [1.165, 1.54) is 36.4 Å². The predicted octanol–water partition coefficient (Wildman–Crippen LogP) is 2.49. The molecule has 0 saturated heterocycles. The van der Waals surface area contributed by atoms with Crippen LogP contribution in [0.15, 0.2) is 51.8 Å². The highest BCUT2D eigenvalue weighted by molar-refractivity contribution is 9.10. The van der Waals surface area contributed by atoms with E-state index >= 15 is 0 Å². The molecule has 0 unspecified atom stereocenters. The van der Waals surface area contributed by atoms with Crippen LogP contribution in [0, 0.1) is 5.82 Å². The third-order valence-corrected chi connectivity index (χ3v) is 4.16. The summed E-state index contributed by atoms with van der Waals surface area (Å²) in [6.45, 7) is 0. The van der Waals surface area contributed by atoms with Crippen LogP contribution < -0.4 is 10.5 Å². The number of hydrogen-bond donors (Lipinski definition) is 2. The molecule has 110 valence electrons. The summed E-state index contributed by atoms with van der Waals surface area (Å²) >= 11 is 2.99. The number of halogens is 2. The van der Waals surface area contributed by atoms with Gasteiger partial charge in [0.2, 0.25) is 10.0 Å². The van der Waals surface area contributed by atoms with Gasteiger partial charge in [-0.05, 0) is 52.3 Å². The summed E-state index contributed by atoms with van der Waals surface area (Å²) in [6.07, 6.45) is 0. The average Bonchev–Trinajstić information content (AvgIpc) is 2.41. The molecule has 0 heterocycles. The topological polar surface area (TPSA) is 89.3 Å². The van der Waals surface area contributed by atoms with Crippen LogP contribution in [0.1, 0.15) is 10.4 Å². The summed E-state index contributed by atoms with van der Waals surface area (Å²) < 4.78 is 36.1. The van der Waals surface area contributed by atoms with Gasteiger partial charge in [-0.1, -0.05) is 6.07 Å². The maximum atomic E-state index is 13.4. The lowest BCUT2D eigenvalue weighted by Crippen LogP contribution is -2.15. The van der Waals surface area contributed by atoms with Crippen LogP contribution in [0.3, 0.4) is 0 Å². The van der Waals surface area contributed by atoms with E-state index in [2.05, 4.69) is 21.2 Å². The molecular formula is C13H10BrFN2O3S. The fraction of sp³-hybridized carbons (Fsp3) is 0. The van der Waals surface area contributed by atoms with Gasteiger partial charge in [-0.3, -0.25) is 4.79 Å². The minimum absolute atomic E-state index is 0.108. The predicted molar refractivity (Wildman–Crippen MR) is 79.9 cm³/mol. The minimum Gasteiger partial charge on any atom is -0.322 e. The summed E-state index contributed by atoms with van der Waals surface area (Å²) in [5, 5.41) is 7.49. The Hall–Kier alpha value is -1.77. The second kappa shape index (κ2) is 5.92.